The lowest BCUT2D eigenvalue weighted by atomic mass is 9.97. The van der Waals surface area contributed by atoms with Gasteiger partial charge < -0.3 is 9.80 Å². The van der Waals surface area contributed by atoms with Crippen LogP contribution in [0.15, 0.2) is 12.2 Å². The number of aldehydes is 1. The summed E-state index contributed by atoms with van der Waals surface area (Å²) in [6.07, 6.45) is 6.22. The molecule has 142 valence electrons. The number of carbonyl (C=O) groups is 4. The van der Waals surface area contributed by atoms with Crippen molar-refractivity contribution < 1.29 is 19.2 Å². The third kappa shape index (κ3) is 9.79. The van der Waals surface area contributed by atoms with Crippen molar-refractivity contribution in [2.45, 2.75) is 58.9 Å². The monoisotopic (exact) mass is 352 g/mol. The van der Waals surface area contributed by atoms with Crippen LogP contribution in [0.25, 0.3) is 0 Å². The summed E-state index contributed by atoms with van der Waals surface area (Å²) in [6.45, 7) is 6.17. The third-order valence-corrected chi connectivity index (χ3v) is 4.23. The number of hydrogen-bond donors (Lipinski definition) is 0. The van der Waals surface area contributed by atoms with Gasteiger partial charge in [-0.2, -0.15) is 0 Å². The molecule has 0 aliphatic carbocycles. The van der Waals surface area contributed by atoms with E-state index < -0.39 is 0 Å². The number of nitrogens with zero attached hydrogens (tertiary/aromatic N) is 2. The number of amides is 2. The molecule has 0 saturated heterocycles. The fraction of sp³-hybridized carbons (Fsp3) is 0.684. The number of likely N-dealkylation sites (N-methyl/N-ethyl adjacent to an activating group) is 1. The molecule has 0 heterocycles. The van der Waals surface area contributed by atoms with Crippen LogP contribution in [0.4, 0.5) is 0 Å². The minimum absolute atomic E-state index is 0.0540. The molecule has 0 fully saturated rings. The lowest BCUT2D eigenvalue weighted by Gasteiger charge is -2.30. The highest BCUT2D eigenvalue weighted by molar-refractivity contribution is 5.90. The Morgan fingerprint density at radius 1 is 1.04 bits per heavy atom. The topological polar surface area (TPSA) is 74.8 Å². The van der Waals surface area contributed by atoms with E-state index in [4.69, 9.17) is 0 Å². The van der Waals surface area contributed by atoms with Gasteiger partial charge in [-0.1, -0.05) is 20.3 Å². The molecule has 0 saturated carbocycles. The van der Waals surface area contributed by atoms with Gasteiger partial charge in [0.1, 0.15) is 12.1 Å². The van der Waals surface area contributed by atoms with Crippen molar-refractivity contribution in [2.75, 3.05) is 20.6 Å². The molecular formula is C19H32N2O4. The molecule has 1 unspecified atom stereocenters. The van der Waals surface area contributed by atoms with Gasteiger partial charge in [0.25, 0.3) is 0 Å². The van der Waals surface area contributed by atoms with Gasteiger partial charge in [-0.3, -0.25) is 19.2 Å². The highest BCUT2D eigenvalue weighted by Gasteiger charge is 2.23. The smallest absolute Gasteiger partial charge is 0.246 e. The van der Waals surface area contributed by atoms with Crippen LogP contribution in [0.2, 0.25) is 0 Å². The molecule has 25 heavy (non-hydrogen) atoms. The summed E-state index contributed by atoms with van der Waals surface area (Å²) in [7, 11) is 3.45. The molecule has 0 aliphatic rings. The number of allylic oxidation sites excluding steroid dienone is 1. The second-order valence-electron chi connectivity index (χ2n) is 6.79. The van der Waals surface area contributed by atoms with Gasteiger partial charge in [-0.25, -0.2) is 0 Å². The molecule has 0 aromatic rings. The Labute approximate surface area is 151 Å². The van der Waals surface area contributed by atoms with E-state index in [2.05, 4.69) is 0 Å². The average Bonchev–Trinajstić information content (AvgIpc) is 2.55. The molecule has 0 N–H and O–H groups in total. The quantitative estimate of drug-likeness (QED) is 0.307. The highest BCUT2D eigenvalue weighted by Crippen LogP contribution is 2.16. The maximum absolute atomic E-state index is 12.3. The molecule has 0 aliphatic heterocycles. The van der Waals surface area contributed by atoms with Gasteiger partial charge in [0, 0.05) is 45.6 Å². The first-order chi connectivity index (χ1) is 11.7. The maximum Gasteiger partial charge on any atom is 0.246 e. The van der Waals surface area contributed by atoms with Crippen molar-refractivity contribution in [3.63, 3.8) is 0 Å². The van der Waals surface area contributed by atoms with Crippen molar-refractivity contribution in [3.05, 3.63) is 12.2 Å². The summed E-state index contributed by atoms with van der Waals surface area (Å²) in [5.74, 6) is 0.178. The third-order valence-electron chi connectivity index (χ3n) is 4.23. The summed E-state index contributed by atoms with van der Waals surface area (Å²) < 4.78 is 0. The van der Waals surface area contributed by atoms with Crippen LogP contribution in [0.5, 0.6) is 0 Å². The van der Waals surface area contributed by atoms with Crippen LogP contribution < -0.4 is 0 Å². The van der Waals surface area contributed by atoms with E-state index in [1.165, 1.54) is 12.2 Å². The fourth-order valence-electron chi connectivity index (χ4n) is 2.64. The second kappa shape index (κ2) is 12.4. The zero-order chi connectivity index (χ0) is 19.4. The first-order valence-electron chi connectivity index (χ1n) is 8.82. The van der Waals surface area contributed by atoms with Crippen LogP contribution >= 0.6 is 0 Å². The Bertz CT molecular complexity index is 486. The van der Waals surface area contributed by atoms with Crippen molar-refractivity contribution in [1.82, 2.24) is 9.80 Å². The summed E-state index contributed by atoms with van der Waals surface area (Å²) in [5, 5.41) is 0. The number of hydrogen-bond acceptors (Lipinski definition) is 4. The molecule has 0 aromatic carbocycles. The largest absolute Gasteiger partial charge is 0.342 e. The molecule has 2 amide bonds. The predicted molar refractivity (Wildman–Crippen MR) is 98.0 cm³/mol. The van der Waals surface area contributed by atoms with Gasteiger partial charge >= 0.3 is 0 Å². The normalized spacial score (nSPS) is 12.2. The van der Waals surface area contributed by atoms with Gasteiger partial charge in [0.05, 0.1) is 0 Å². The van der Waals surface area contributed by atoms with E-state index in [-0.39, 0.29) is 29.6 Å². The SMILES string of the molecule is CC(=O)CC(C(C)C)N(C)C(=O)CCCCCN(C)C(=O)/C=C\C=O. The predicted octanol–water partition coefficient (Wildman–Crippen LogP) is 2.22. The molecule has 1 atom stereocenters. The summed E-state index contributed by atoms with van der Waals surface area (Å²) in [5.41, 5.74) is 0. The Balaban J connectivity index is 4.17. The van der Waals surface area contributed by atoms with E-state index >= 15 is 0 Å². The number of Topliss-reactive ketones (excluding diaryl/α,β-unsaturated/α-hetero) is 1. The lowest BCUT2D eigenvalue weighted by molar-refractivity contribution is -0.134. The van der Waals surface area contributed by atoms with E-state index in [1.807, 2.05) is 13.8 Å². The number of ketones is 1. The lowest BCUT2D eigenvalue weighted by Crippen LogP contribution is -2.41. The second-order valence-corrected chi connectivity index (χ2v) is 6.79. The molecular weight excluding hydrogens is 320 g/mol. The first-order valence-corrected chi connectivity index (χ1v) is 8.82. The molecule has 0 spiro atoms. The van der Waals surface area contributed by atoms with E-state index in [0.717, 1.165) is 19.3 Å². The minimum Gasteiger partial charge on any atom is -0.342 e. The Hall–Kier alpha value is -1.98. The van der Waals surface area contributed by atoms with Gasteiger partial charge in [0.15, 0.2) is 0 Å². The standard InChI is InChI=1S/C19H32N2O4/c1-15(2)17(14-16(3)23)21(5)19(25)10-7-6-8-12-20(4)18(24)11-9-13-22/h9,11,13,15,17H,6-8,10,12,14H2,1-5H3/b11-9-. The van der Waals surface area contributed by atoms with Crippen molar-refractivity contribution >= 4 is 23.9 Å². The average molecular weight is 352 g/mol. The highest BCUT2D eigenvalue weighted by atomic mass is 16.2. The summed E-state index contributed by atoms with van der Waals surface area (Å²) in [4.78, 5) is 48.7. The number of unbranched alkanes of at least 4 members (excludes halogenated alkanes) is 2. The zero-order valence-electron chi connectivity index (χ0n) is 16.2. The van der Waals surface area contributed by atoms with Crippen LogP contribution in [0, 0.1) is 5.92 Å². The summed E-state index contributed by atoms with van der Waals surface area (Å²) in [6, 6.07) is -0.0571. The fourth-order valence-corrected chi connectivity index (χ4v) is 2.64. The maximum atomic E-state index is 12.3. The Kier molecular flexibility index (Phi) is 11.4. The van der Waals surface area contributed by atoms with Crippen LogP contribution in [-0.2, 0) is 19.2 Å². The Morgan fingerprint density at radius 3 is 2.20 bits per heavy atom. The molecule has 0 rings (SSSR count). The summed E-state index contributed by atoms with van der Waals surface area (Å²) >= 11 is 0. The van der Waals surface area contributed by atoms with Crippen LogP contribution in [0.1, 0.15) is 52.9 Å². The van der Waals surface area contributed by atoms with Crippen molar-refractivity contribution in [3.8, 4) is 0 Å². The zero-order valence-corrected chi connectivity index (χ0v) is 16.2. The van der Waals surface area contributed by atoms with Gasteiger partial charge in [-0.15, -0.1) is 0 Å². The van der Waals surface area contributed by atoms with Crippen LogP contribution in [0.3, 0.4) is 0 Å². The van der Waals surface area contributed by atoms with E-state index in [1.54, 1.807) is 30.8 Å². The van der Waals surface area contributed by atoms with E-state index in [0.29, 0.717) is 25.7 Å². The van der Waals surface area contributed by atoms with E-state index in [9.17, 15) is 19.2 Å². The first kappa shape index (κ1) is 23.0. The molecule has 0 aromatic heterocycles. The van der Waals surface area contributed by atoms with Crippen molar-refractivity contribution in [2.24, 2.45) is 5.92 Å². The number of carbonyl (C=O) groups excluding carboxylic acids is 4. The van der Waals surface area contributed by atoms with Gasteiger partial charge in [-0.05, 0) is 31.8 Å². The van der Waals surface area contributed by atoms with Gasteiger partial charge in [0.2, 0.25) is 11.8 Å². The van der Waals surface area contributed by atoms with Crippen LogP contribution in [-0.4, -0.2) is 60.4 Å². The molecule has 0 bridgehead atoms. The van der Waals surface area contributed by atoms with Crippen molar-refractivity contribution in [1.29, 1.82) is 0 Å². The molecule has 6 heteroatoms. The molecule has 6 nitrogen and oxygen atoms in total. The number of rotatable bonds is 12. The minimum atomic E-state index is -0.202. The molecule has 0 radical (unpaired) electrons. The Morgan fingerprint density at radius 2 is 1.68 bits per heavy atom.